The molecule has 158 valence electrons. The van der Waals surface area contributed by atoms with Crippen LogP contribution in [0.1, 0.15) is 31.0 Å². The van der Waals surface area contributed by atoms with Crippen molar-refractivity contribution in [3.05, 3.63) is 59.7 Å². The second kappa shape index (κ2) is 8.10. The molecule has 0 spiro atoms. The molecule has 2 aliphatic rings. The van der Waals surface area contributed by atoms with E-state index in [1.807, 2.05) is 44.2 Å². The average Bonchev–Trinajstić information content (AvgIpc) is 3.40. The van der Waals surface area contributed by atoms with Gasteiger partial charge in [0, 0.05) is 18.8 Å². The molecule has 0 bridgehead atoms. The lowest BCUT2D eigenvalue weighted by atomic mass is 10.1. The fourth-order valence-electron chi connectivity index (χ4n) is 3.72. The molecule has 2 aromatic carbocycles. The number of hydrogen-bond donors (Lipinski definition) is 1. The van der Waals surface area contributed by atoms with Crippen LogP contribution in [0.4, 0.5) is 10.5 Å². The molecule has 7 nitrogen and oxygen atoms in total. The first-order valence-electron chi connectivity index (χ1n) is 10.1. The zero-order valence-electron chi connectivity index (χ0n) is 17.2. The number of nitrogens with one attached hydrogen (secondary N) is 1. The number of rotatable bonds is 5. The largest absolute Gasteiger partial charge is 0.337 e. The number of sulfonamides is 1. The summed E-state index contributed by atoms with van der Waals surface area (Å²) in [5, 5.41) is 2.92. The van der Waals surface area contributed by atoms with Crippen LogP contribution >= 0.6 is 0 Å². The van der Waals surface area contributed by atoms with Crippen molar-refractivity contribution in [2.75, 3.05) is 24.5 Å². The zero-order valence-corrected chi connectivity index (χ0v) is 18.0. The monoisotopic (exact) mass is 426 g/mol. The van der Waals surface area contributed by atoms with E-state index in [4.69, 9.17) is 0 Å². The highest BCUT2D eigenvalue weighted by Crippen LogP contribution is 2.32. The summed E-state index contributed by atoms with van der Waals surface area (Å²) in [6.07, 6.45) is 2.04. The lowest BCUT2D eigenvalue weighted by molar-refractivity contribution is 0.245. The first kappa shape index (κ1) is 20.4. The van der Waals surface area contributed by atoms with E-state index in [0.29, 0.717) is 25.4 Å². The molecule has 2 aromatic rings. The molecular formula is C22H26N4O3S. The molecule has 0 aromatic heterocycles. The van der Waals surface area contributed by atoms with Crippen LogP contribution in [0, 0.1) is 5.92 Å². The lowest BCUT2D eigenvalue weighted by Crippen LogP contribution is -2.40. The molecule has 0 unspecified atom stereocenters. The number of carbonyl (C=O) groups is 1. The molecule has 4 rings (SSSR count). The van der Waals surface area contributed by atoms with Crippen LogP contribution in [-0.2, 0) is 16.4 Å². The third-order valence-corrected chi connectivity index (χ3v) is 7.08. The van der Waals surface area contributed by atoms with Crippen molar-refractivity contribution in [1.29, 1.82) is 0 Å². The third kappa shape index (κ3) is 3.92. The number of anilines is 1. The van der Waals surface area contributed by atoms with Crippen molar-refractivity contribution in [3.8, 4) is 0 Å². The number of urea groups is 1. The molecule has 2 heterocycles. The highest BCUT2D eigenvalue weighted by molar-refractivity contribution is 7.89. The van der Waals surface area contributed by atoms with Gasteiger partial charge in [-0.3, -0.25) is 14.2 Å². The Balaban J connectivity index is 1.50. The van der Waals surface area contributed by atoms with Gasteiger partial charge in [-0.05, 0) is 41.7 Å². The van der Waals surface area contributed by atoms with Crippen molar-refractivity contribution in [2.24, 2.45) is 10.9 Å². The van der Waals surface area contributed by atoms with Crippen molar-refractivity contribution in [1.82, 2.24) is 9.62 Å². The van der Waals surface area contributed by atoms with Gasteiger partial charge in [-0.15, -0.1) is 0 Å². The highest BCUT2D eigenvalue weighted by atomic mass is 32.2. The Labute approximate surface area is 177 Å². The number of aliphatic imine (C=N–C) groups is 1. The molecule has 1 atom stereocenters. The van der Waals surface area contributed by atoms with E-state index in [1.54, 1.807) is 23.1 Å². The normalized spacial score (nSPS) is 18.2. The molecular weight excluding hydrogens is 400 g/mol. The predicted molar refractivity (Wildman–Crippen MR) is 117 cm³/mol. The second-order valence-electron chi connectivity index (χ2n) is 8.04. The van der Waals surface area contributed by atoms with Crippen LogP contribution in [-0.4, -0.2) is 44.7 Å². The average molecular weight is 427 g/mol. The third-order valence-electron chi connectivity index (χ3n) is 5.37. The summed E-state index contributed by atoms with van der Waals surface area (Å²) >= 11 is 0. The summed E-state index contributed by atoms with van der Waals surface area (Å²) in [6.45, 7) is 5.52. The smallest absolute Gasteiger partial charge is 0.321 e. The van der Waals surface area contributed by atoms with Crippen molar-refractivity contribution in [3.63, 3.8) is 0 Å². The Morgan fingerprint density at radius 1 is 1.20 bits per heavy atom. The molecule has 0 saturated heterocycles. The Kier molecular flexibility index (Phi) is 5.51. The van der Waals surface area contributed by atoms with Crippen LogP contribution in [0.3, 0.4) is 0 Å². The van der Waals surface area contributed by atoms with Gasteiger partial charge in [0.05, 0.1) is 17.5 Å². The molecule has 2 aliphatic heterocycles. The lowest BCUT2D eigenvalue weighted by Gasteiger charge is -2.20. The van der Waals surface area contributed by atoms with Gasteiger partial charge < -0.3 is 5.32 Å². The molecule has 1 N–H and O–H groups in total. The fourth-order valence-corrected chi connectivity index (χ4v) is 5.04. The van der Waals surface area contributed by atoms with Gasteiger partial charge >= 0.3 is 6.03 Å². The molecule has 2 amide bonds. The van der Waals surface area contributed by atoms with Crippen LogP contribution in [0.5, 0.6) is 0 Å². The van der Waals surface area contributed by atoms with E-state index >= 15 is 0 Å². The standard InChI is InChI=1S/C22H26N4O3S/c1-16(2)13-23-22(27)26-11-10-18-12-19(8-9-21(18)26)30(28,29)25-14-20(24-15-25)17-6-4-3-5-7-17/h3-9,12,15-16,20H,10-11,13-14H2,1-2H3,(H,23,27)/t20-/m1/s1. The van der Waals surface area contributed by atoms with Crippen LogP contribution in [0.15, 0.2) is 58.4 Å². The molecule has 0 fully saturated rings. The maximum atomic E-state index is 13.1. The summed E-state index contributed by atoms with van der Waals surface area (Å²) < 4.78 is 27.6. The minimum atomic E-state index is -3.70. The summed E-state index contributed by atoms with van der Waals surface area (Å²) in [4.78, 5) is 18.7. The van der Waals surface area contributed by atoms with Crippen molar-refractivity contribution >= 4 is 28.1 Å². The van der Waals surface area contributed by atoms with Gasteiger partial charge in [0.15, 0.2) is 0 Å². The number of benzene rings is 2. The topological polar surface area (TPSA) is 82.1 Å². The Hall–Kier alpha value is -2.87. The van der Waals surface area contributed by atoms with E-state index < -0.39 is 10.0 Å². The maximum absolute atomic E-state index is 13.1. The number of fused-ring (bicyclic) bond motifs is 1. The quantitative estimate of drug-likeness (QED) is 0.797. The van der Waals surface area contributed by atoms with Crippen LogP contribution in [0.25, 0.3) is 0 Å². The first-order valence-corrected chi connectivity index (χ1v) is 11.6. The molecule has 0 aliphatic carbocycles. The fraction of sp³-hybridized carbons (Fsp3) is 0.364. The molecule has 30 heavy (non-hydrogen) atoms. The van der Waals surface area contributed by atoms with E-state index in [2.05, 4.69) is 10.3 Å². The van der Waals surface area contributed by atoms with E-state index in [9.17, 15) is 13.2 Å². The summed E-state index contributed by atoms with van der Waals surface area (Å²) in [6, 6.07) is 14.3. The van der Waals surface area contributed by atoms with Gasteiger partial charge in [-0.1, -0.05) is 44.2 Å². The van der Waals surface area contributed by atoms with Crippen LogP contribution in [0.2, 0.25) is 0 Å². The van der Waals surface area contributed by atoms with Crippen LogP contribution < -0.4 is 10.2 Å². The summed E-state index contributed by atoms with van der Waals surface area (Å²) in [5.41, 5.74) is 2.63. The first-order chi connectivity index (χ1) is 14.4. The minimum Gasteiger partial charge on any atom is -0.337 e. The van der Waals surface area contributed by atoms with Crippen molar-refractivity contribution in [2.45, 2.75) is 31.2 Å². The van der Waals surface area contributed by atoms with Gasteiger partial charge in [0.2, 0.25) is 0 Å². The van der Waals surface area contributed by atoms with Gasteiger partial charge in [0.1, 0.15) is 6.34 Å². The van der Waals surface area contributed by atoms with E-state index in [-0.39, 0.29) is 23.5 Å². The number of amides is 2. The predicted octanol–water partition coefficient (Wildman–Crippen LogP) is 3.19. The molecule has 0 saturated carbocycles. The van der Waals surface area contributed by atoms with Crippen molar-refractivity contribution < 1.29 is 13.2 Å². The molecule has 8 heteroatoms. The van der Waals surface area contributed by atoms with Gasteiger partial charge in [-0.2, -0.15) is 0 Å². The zero-order chi connectivity index (χ0) is 21.3. The Morgan fingerprint density at radius 3 is 2.70 bits per heavy atom. The summed E-state index contributed by atoms with van der Waals surface area (Å²) in [7, 11) is -3.70. The van der Waals surface area contributed by atoms with E-state index in [0.717, 1.165) is 16.8 Å². The number of carbonyl (C=O) groups excluding carboxylic acids is 1. The maximum Gasteiger partial charge on any atom is 0.321 e. The van der Waals surface area contributed by atoms with Gasteiger partial charge in [0.25, 0.3) is 10.0 Å². The Bertz CT molecular complexity index is 1070. The number of nitrogens with zero attached hydrogens (tertiary/aromatic N) is 3. The SMILES string of the molecule is CC(C)CNC(=O)N1CCc2cc(S(=O)(=O)N3C=N[C@@H](c4ccccc4)C3)ccc21. The minimum absolute atomic E-state index is 0.143. The highest BCUT2D eigenvalue weighted by Gasteiger charge is 2.32. The Morgan fingerprint density at radius 2 is 1.97 bits per heavy atom. The number of hydrogen-bond acceptors (Lipinski definition) is 4. The summed E-state index contributed by atoms with van der Waals surface area (Å²) in [5.74, 6) is 0.366. The van der Waals surface area contributed by atoms with Gasteiger partial charge in [-0.25, -0.2) is 13.2 Å². The van der Waals surface area contributed by atoms with E-state index in [1.165, 1.54) is 10.6 Å². The molecule has 0 radical (unpaired) electrons. The second-order valence-corrected chi connectivity index (χ2v) is 9.93.